The van der Waals surface area contributed by atoms with Crippen LogP contribution in [0.4, 0.5) is 0 Å². The number of nitrogens with one attached hydrogen (secondary N) is 1. The van der Waals surface area contributed by atoms with Crippen LogP contribution in [0.5, 0.6) is 5.75 Å². The van der Waals surface area contributed by atoms with Crippen LogP contribution in [-0.4, -0.2) is 19.6 Å². The lowest BCUT2D eigenvalue weighted by Gasteiger charge is -2.09. The van der Waals surface area contributed by atoms with E-state index < -0.39 is 0 Å². The van der Waals surface area contributed by atoms with Crippen molar-refractivity contribution in [2.45, 2.75) is 19.3 Å². The lowest BCUT2D eigenvalue weighted by atomic mass is 9.98. The third kappa shape index (κ3) is 5.01. The van der Waals surface area contributed by atoms with Gasteiger partial charge in [0.2, 0.25) is 0 Å². The van der Waals surface area contributed by atoms with Gasteiger partial charge in [0.05, 0.1) is 7.11 Å². The number of hydrogen-bond acceptors (Lipinski definition) is 2. The van der Waals surface area contributed by atoms with E-state index in [9.17, 15) is 4.79 Å². The van der Waals surface area contributed by atoms with Crippen LogP contribution in [0.25, 0.3) is 11.1 Å². The van der Waals surface area contributed by atoms with Crippen molar-refractivity contribution in [1.82, 2.24) is 5.32 Å². The number of methoxy groups -OCH3 is 1. The summed E-state index contributed by atoms with van der Waals surface area (Å²) in [4.78, 5) is 12.2. The molecule has 3 aromatic carbocycles. The Hall–Kier alpha value is -3.07. The highest BCUT2D eigenvalue weighted by Crippen LogP contribution is 2.23. The molecule has 3 rings (SSSR count). The first-order chi connectivity index (χ1) is 13.6. The van der Waals surface area contributed by atoms with Gasteiger partial charge in [-0.2, -0.15) is 0 Å². The standard InChI is InChI=1S/C25H26NO2/c1-18(2)20-11-13-22(14-12-20)21-9-7-19(8-10-21)15-16-26-25(27)23-5-4-6-24(17-23)28-3/h4-14,17-18H,1,15-16H2,2-3H3,(H,26,27). The van der Waals surface area contributed by atoms with Crippen LogP contribution in [0.2, 0.25) is 0 Å². The van der Waals surface area contributed by atoms with Crippen LogP contribution in [0.15, 0.2) is 72.8 Å². The van der Waals surface area contributed by atoms with Gasteiger partial charge < -0.3 is 10.1 Å². The van der Waals surface area contributed by atoms with Gasteiger partial charge in [0.25, 0.3) is 5.91 Å². The molecule has 0 aliphatic heterocycles. The summed E-state index contributed by atoms with van der Waals surface area (Å²) in [6, 6.07) is 24.2. The van der Waals surface area contributed by atoms with Gasteiger partial charge in [-0.3, -0.25) is 4.79 Å². The SMILES string of the molecule is [CH2]C(C)c1ccc(-c2ccc(CCNC(=O)c3cccc(OC)c3)cc2)cc1. The molecular formula is C25H26NO2. The third-order valence-electron chi connectivity index (χ3n) is 4.80. The predicted octanol–water partition coefficient (Wildman–Crippen LogP) is 5.27. The molecule has 1 unspecified atom stereocenters. The second kappa shape index (κ2) is 9.23. The molecule has 0 aliphatic carbocycles. The third-order valence-corrected chi connectivity index (χ3v) is 4.80. The highest BCUT2D eigenvalue weighted by Gasteiger charge is 2.06. The first-order valence-electron chi connectivity index (χ1n) is 9.51. The lowest BCUT2D eigenvalue weighted by molar-refractivity contribution is 0.0954. The predicted molar refractivity (Wildman–Crippen MR) is 115 cm³/mol. The largest absolute Gasteiger partial charge is 0.497 e. The number of benzene rings is 3. The Bertz CT molecular complexity index is 912. The first kappa shape index (κ1) is 19.7. The summed E-state index contributed by atoms with van der Waals surface area (Å²) in [6.07, 6.45) is 0.786. The van der Waals surface area contributed by atoms with Crippen molar-refractivity contribution >= 4 is 5.91 Å². The molecule has 0 aromatic heterocycles. The summed E-state index contributed by atoms with van der Waals surface area (Å²) in [5.74, 6) is 0.889. The van der Waals surface area contributed by atoms with E-state index in [-0.39, 0.29) is 5.91 Å². The number of hydrogen-bond donors (Lipinski definition) is 1. The molecule has 1 atom stereocenters. The molecule has 1 N–H and O–H groups in total. The average molecular weight is 372 g/mol. The quantitative estimate of drug-likeness (QED) is 0.613. The minimum atomic E-state index is -0.0877. The smallest absolute Gasteiger partial charge is 0.251 e. The molecule has 0 aliphatic rings. The van der Waals surface area contributed by atoms with Crippen molar-refractivity contribution in [3.8, 4) is 16.9 Å². The molecule has 3 nitrogen and oxygen atoms in total. The van der Waals surface area contributed by atoms with E-state index in [1.54, 1.807) is 19.2 Å². The van der Waals surface area contributed by atoms with E-state index in [0.29, 0.717) is 23.8 Å². The van der Waals surface area contributed by atoms with Crippen molar-refractivity contribution in [2.75, 3.05) is 13.7 Å². The molecule has 0 spiro atoms. The van der Waals surface area contributed by atoms with Gasteiger partial charge in [0.15, 0.2) is 0 Å². The van der Waals surface area contributed by atoms with Gasteiger partial charge in [-0.25, -0.2) is 0 Å². The van der Waals surface area contributed by atoms with Gasteiger partial charge in [-0.05, 0) is 59.7 Å². The molecule has 28 heavy (non-hydrogen) atoms. The zero-order valence-electron chi connectivity index (χ0n) is 16.4. The van der Waals surface area contributed by atoms with E-state index in [1.807, 2.05) is 12.1 Å². The van der Waals surface area contributed by atoms with E-state index in [4.69, 9.17) is 4.74 Å². The summed E-state index contributed by atoms with van der Waals surface area (Å²) < 4.78 is 5.16. The number of rotatable bonds is 7. The van der Waals surface area contributed by atoms with Crippen LogP contribution in [0.3, 0.4) is 0 Å². The van der Waals surface area contributed by atoms with E-state index in [2.05, 4.69) is 67.7 Å². The molecule has 0 saturated heterocycles. The highest BCUT2D eigenvalue weighted by atomic mass is 16.5. The molecule has 0 fully saturated rings. The maximum Gasteiger partial charge on any atom is 0.251 e. The van der Waals surface area contributed by atoms with Gasteiger partial charge in [0.1, 0.15) is 5.75 Å². The lowest BCUT2D eigenvalue weighted by Crippen LogP contribution is -2.25. The monoisotopic (exact) mass is 372 g/mol. The van der Waals surface area contributed by atoms with Crippen molar-refractivity contribution in [2.24, 2.45) is 0 Å². The molecule has 1 radical (unpaired) electrons. The van der Waals surface area contributed by atoms with E-state index in [1.165, 1.54) is 22.3 Å². The zero-order valence-corrected chi connectivity index (χ0v) is 16.4. The fourth-order valence-electron chi connectivity index (χ4n) is 3.05. The zero-order chi connectivity index (χ0) is 19.9. The maximum absolute atomic E-state index is 12.2. The summed E-state index contributed by atoms with van der Waals surface area (Å²) >= 11 is 0. The van der Waals surface area contributed by atoms with Crippen LogP contribution < -0.4 is 10.1 Å². The molecule has 143 valence electrons. The van der Waals surface area contributed by atoms with Crippen molar-refractivity contribution in [1.29, 1.82) is 0 Å². The summed E-state index contributed by atoms with van der Waals surface area (Å²) in [7, 11) is 1.59. The number of ether oxygens (including phenoxy) is 1. The Morgan fingerprint density at radius 2 is 1.64 bits per heavy atom. The molecule has 3 heteroatoms. The Kier molecular flexibility index (Phi) is 6.49. The second-order valence-electron chi connectivity index (χ2n) is 6.96. The first-order valence-corrected chi connectivity index (χ1v) is 9.51. The Morgan fingerprint density at radius 1 is 1.00 bits per heavy atom. The van der Waals surface area contributed by atoms with Crippen molar-refractivity contribution in [3.05, 3.63) is 96.4 Å². The Labute approximate surface area is 167 Å². The van der Waals surface area contributed by atoms with Crippen LogP contribution in [0.1, 0.15) is 34.3 Å². The molecule has 3 aromatic rings. The second-order valence-corrected chi connectivity index (χ2v) is 6.96. The molecule has 0 saturated carbocycles. The molecular weight excluding hydrogens is 346 g/mol. The van der Waals surface area contributed by atoms with Crippen molar-refractivity contribution < 1.29 is 9.53 Å². The molecule has 1 amide bonds. The highest BCUT2D eigenvalue weighted by molar-refractivity contribution is 5.94. The van der Waals surface area contributed by atoms with Gasteiger partial charge >= 0.3 is 0 Å². The van der Waals surface area contributed by atoms with Gasteiger partial charge in [-0.15, -0.1) is 0 Å². The topological polar surface area (TPSA) is 38.3 Å². The van der Waals surface area contributed by atoms with Gasteiger partial charge in [0, 0.05) is 12.1 Å². The van der Waals surface area contributed by atoms with Crippen LogP contribution in [-0.2, 0) is 6.42 Å². The molecule has 0 bridgehead atoms. The number of carbonyl (C=O) groups is 1. The minimum absolute atomic E-state index is 0.0877. The Morgan fingerprint density at radius 3 is 2.25 bits per heavy atom. The number of carbonyl (C=O) groups excluding carboxylic acids is 1. The normalized spacial score (nSPS) is 10.7. The summed E-state index contributed by atoms with van der Waals surface area (Å²) in [5.41, 5.74) is 5.43. The summed E-state index contributed by atoms with van der Waals surface area (Å²) in [5, 5.41) is 2.96. The Balaban J connectivity index is 1.55. The molecule has 0 heterocycles. The average Bonchev–Trinajstić information content (AvgIpc) is 2.74. The van der Waals surface area contributed by atoms with E-state index in [0.717, 1.165) is 6.42 Å². The van der Waals surface area contributed by atoms with Crippen LogP contribution >= 0.6 is 0 Å². The fourth-order valence-corrected chi connectivity index (χ4v) is 3.05. The maximum atomic E-state index is 12.2. The van der Waals surface area contributed by atoms with Crippen molar-refractivity contribution in [3.63, 3.8) is 0 Å². The fraction of sp³-hybridized carbons (Fsp3) is 0.200. The van der Waals surface area contributed by atoms with Crippen LogP contribution in [0, 0.1) is 6.92 Å². The minimum Gasteiger partial charge on any atom is -0.497 e. The summed E-state index contributed by atoms with van der Waals surface area (Å²) in [6.45, 7) is 6.74. The van der Waals surface area contributed by atoms with E-state index >= 15 is 0 Å². The number of amides is 1. The van der Waals surface area contributed by atoms with Gasteiger partial charge in [-0.1, -0.05) is 61.5 Å².